The van der Waals surface area contributed by atoms with Gasteiger partial charge in [0, 0.05) is 25.7 Å². The zero-order chi connectivity index (χ0) is 14.4. The van der Waals surface area contributed by atoms with Crippen LogP contribution in [0.2, 0.25) is 0 Å². The standard InChI is InChI=1S/C17H28N2O/c1-14(12-19(3)13-16-10-7-11-20-16)17(18-2)15-8-5-4-6-9-15/h4-6,8-9,14,16-18H,7,10-13H2,1-3H3. The molecule has 0 amide bonds. The zero-order valence-corrected chi connectivity index (χ0v) is 13.0. The summed E-state index contributed by atoms with van der Waals surface area (Å²) in [5.74, 6) is 0.564. The van der Waals surface area contributed by atoms with Gasteiger partial charge in [0.05, 0.1) is 6.10 Å². The van der Waals surface area contributed by atoms with Crippen LogP contribution < -0.4 is 5.32 Å². The number of hydrogen-bond acceptors (Lipinski definition) is 3. The first-order chi connectivity index (χ1) is 9.70. The zero-order valence-electron chi connectivity index (χ0n) is 13.0. The molecule has 1 aromatic rings. The van der Waals surface area contributed by atoms with Gasteiger partial charge in [-0.25, -0.2) is 0 Å². The van der Waals surface area contributed by atoms with E-state index in [9.17, 15) is 0 Å². The molecule has 1 saturated heterocycles. The maximum atomic E-state index is 5.72. The van der Waals surface area contributed by atoms with Crippen LogP contribution in [0.3, 0.4) is 0 Å². The van der Waals surface area contributed by atoms with Gasteiger partial charge in [0.1, 0.15) is 0 Å². The smallest absolute Gasteiger partial charge is 0.0702 e. The van der Waals surface area contributed by atoms with Crippen molar-refractivity contribution < 1.29 is 4.74 Å². The van der Waals surface area contributed by atoms with E-state index in [1.54, 1.807) is 0 Å². The molecular formula is C17H28N2O. The molecule has 0 radical (unpaired) electrons. The number of nitrogens with one attached hydrogen (secondary N) is 1. The van der Waals surface area contributed by atoms with Crippen LogP contribution in [0.15, 0.2) is 30.3 Å². The number of nitrogens with zero attached hydrogens (tertiary/aromatic N) is 1. The quantitative estimate of drug-likeness (QED) is 0.828. The fourth-order valence-corrected chi connectivity index (χ4v) is 3.25. The Morgan fingerprint density at radius 1 is 1.35 bits per heavy atom. The summed E-state index contributed by atoms with van der Waals surface area (Å²) in [6.07, 6.45) is 2.88. The van der Waals surface area contributed by atoms with E-state index < -0.39 is 0 Å². The second-order valence-corrected chi connectivity index (χ2v) is 6.01. The third-order valence-electron chi connectivity index (χ3n) is 4.18. The SMILES string of the molecule is CNC(c1ccccc1)C(C)CN(C)CC1CCCO1. The lowest BCUT2D eigenvalue weighted by Gasteiger charge is -2.29. The first-order valence-electron chi connectivity index (χ1n) is 7.73. The lowest BCUT2D eigenvalue weighted by Crippen LogP contribution is -2.36. The van der Waals surface area contributed by atoms with Gasteiger partial charge in [-0.2, -0.15) is 0 Å². The van der Waals surface area contributed by atoms with Gasteiger partial charge in [0.2, 0.25) is 0 Å². The first-order valence-corrected chi connectivity index (χ1v) is 7.73. The summed E-state index contributed by atoms with van der Waals surface area (Å²) in [6.45, 7) is 5.40. The molecular weight excluding hydrogens is 248 g/mol. The van der Waals surface area contributed by atoms with Crippen molar-refractivity contribution in [2.75, 3.05) is 33.8 Å². The van der Waals surface area contributed by atoms with Crippen LogP contribution in [0.4, 0.5) is 0 Å². The second-order valence-electron chi connectivity index (χ2n) is 6.01. The van der Waals surface area contributed by atoms with Gasteiger partial charge >= 0.3 is 0 Å². The Kier molecular flexibility index (Phi) is 6.02. The Labute approximate surface area is 123 Å². The highest BCUT2D eigenvalue weighted by atomic mass is 16.5. The number of likely N-dealkylation sites (N-methyl/N-ethyl adjacent to an activating group) is 1. The van der Waals surface area contributed by atoms with Crippen molar-refractivity contribution in [1.82, 2.24) is 10.2 Å². The van der Waals surface area contributed by atoms with Crippen molar-refractivity contribution in [2.24, 2.45) is 5.92 Å². The summed E-state index contributed by atoms with van der Waals surface area (Å²) in [6, 6.07) is 11.1. The Bertz CT molecular complexity index is 376. The Hall–Kier alpha value is -0.900. The summed E-state index contributed by atoms with van der Waals surface area (Å²) >= 11 is 0. The minimum Gasteiger partial charge on any atom is -0.377 e. The van der Waals surface area contributed by atoms with Gasteiger partial charge in [0.15, 0.2) is 0 Å². The van der Waals surface area contributed by atoms with Crippen LogP contribution in [0.1, 0.15) is 31.4 Å². The third kappa shape index (κ3) is 4.30. The Balaban J connectivity index is 1.86. The van der Waals surface area contributed by atoms with E-state index in [0.29, 0.717) is 18.1 Å². The molecule has 1 aliphatic rings. The van der Waals surface area contributed by atoms with E-state index in [2.05, 4.69) is 54.5 Å². The fourth-order valence-electron chi connectivity index (χ4n) is 3.25. The van der Waals surface area contributed by atoms with Crippen molar-refractivity contribution in [3.05, 3.63) is 35.9 Å². The second kappa shape index (κ2) is 7.77. The molecule has 2 rings (SSSR count). The van der Waals surface area contributed by atoms with Crippen molar-refractivity contribution >= 4 is 0 Å². The summed E-state index contributed by atoms with van der Waals surface area (Å²) in [5.41, 5.74) is 1.37. The van der Waals surface area contributed by atoms with Crippen molar-refractivity contribution in [2.45, 2.75) is 31.9 Å². The predicted molar refractivity (Wildman–Crippen MR) is 83.9 cm³/mol. The van der Waals surface area contributed by atoms with Gasteiger partial charge in [-0.3, -0.25) is 0 Å². The van der Waals surface area contributed by atoms with E-state index in [-0.39, 0.29) is 0 Å². The summed E-state index contributed by atoms with van der Waals surface area (Å²) in [5, 5.41) is 3.46. The molecule has 0 bridgehead atoms. The Morgan fingerprint density at radius 3 is 2.70 bits per heavy atom. The molecule has 0 spiro atoms. The maximum absolute atomic E-state index is 5.72. The minimum absolute atomic E-state index is 0.406. The van der Waals surface area contributed by atoms with Crippen LogP contribution in [-0.2, 0) is 4.74 Å². The van der Waals surface area contributed by atoms with Crippen LogP contribution in [-0.4, -0.2) is 44.8 Å². The molecule has 3 heteroatoms. The average Bonchev–Trinajstić information content (AvgIpc) is 2.93. The van der Waals surface area contributed by atoms with E-state index >= 15 is 0 Å². The highest BCUT2D eigenvalue weighted by molar-refractivity contribution is 5.19. The molecule has 1 aromatic carbocycles. The average molecular weight is 276 g/mol. The van der Waals surface area contributed by atoms with Crippen molar-refractivity contribution in [3.63, 3.8) is 0 Å². The van der Waals surface area contributed by atoms with Crippen LogP contribution in [0, 0.1) is 5.92 Å². The molecule has 0 aromatic heterocycles. The summed E-state index contributed by atoms with van der Waals surface area (Å²) < 4.78 is 5.72. The molecule has 0 aliphatic carbocycles. The molecule has 112 valence electrons. The van der Waals surface area contributed by atoms with Gasteiger partial charge in [0.25, 0.3) is 0 Å². The van der Waals surface area contributed by atoms with Gasteiger partial charge in [-0.1, -0.05) is 37.3 Å². The van der Waals surface area contributed by atoms with Gasteiger partial charge in [-0.05, 0) is 38.4 Å². The number of benzene rings is 1. The largest absolute Gasteiger partial charge is 0.377 e. The molecule has 3 nitrogen and oxygen atoms in total. The number of rotatable bonds is 7. The fraction of sp³-hybridized carbons (Fsp3) is 0.647. The van der Waals surface area contributed by atoms with Crippen LogP contribution in [0.25, 0.3) is 0 Å². The van der Waals surface area contributed by atoms with Crippen LogP contribution in [0.5, 0.6) is 0 Å². The van der Waals surface area contributed by atoms with Gasteiger partial charge in [-0.15, -0.1) is 0 Å². The molecule has 20 heavy (non-hydrogen) atoms. The monoisotopic (exact) mass is 276 g/mol. The van der Waals surface area contributed by atoms with E-state index in [1.165, 1.54) is 18.4 Å². The molecule has 1 fully saturated rings. The molecule has 1 aliphatic heterocycles. The molecule has 1 heterocycles. The lowest BCUT2D eigenvalue weighted by atomic mass is 9.94. The first kappa shape index (κ1) is 15.5. The molecule has 1 N–H and O–H groups in total. The maximum Gasteiger partial charge on any atom is 0.0702 e. The van der Waals surface area contributed by atoms with Gasteiger partial charge < -0.3 is 15.0 Å². The minimum atomic E-state index is 0.406. The number of hydrogen-bond donors (Lipinski definition) is 1. The highest BCUT2D eigenvalue weighted by Crippen LogP contribution is 2.22. The van der Waals surface area contributed by atoms with E-state index in [4.69, 9.17) is 4.74 Å². The predicted octanol–water partition coefficient (Wildman–Crippen LogP) is 2.69. The summed E-state index contributed by atoms with van der Waals surface area (Å²) in [7, 11) is 4.25. The molecule has 3 unspecified atom stereocenters. The number of ether oxygens (including phenoxy) is 1. The normalized spacial score (nSPS) is 22.1. The topological polar surface area (TPSA) is 24.5 Å². The Morgan fingerprint density at radius 2 is 2.10 bits per heavy atom. The molecule has 3 atom stereocenters. The van der Waals surface area contributed by atoms with Crippen molar-refractivity contribution in [3.8, 4) is 0 Å². The summed E-state index contributed by atoms with van der Waals surface area (Å²) in [4.78, 5) is 2.41. The van der Waals surface area contributed by atoms with Crippen molar-refractivity contribution in [1.29, 1.82) is 0 Å². The highest BCUT2D eigenvalue weighted by Gasteiger charge is 2.22. The van der Waals surface area contributed by atoms with Crippen LogP contribution >= 0.6 is 0 Å². The van der Waals surface area contributed by atoms with E-state index in [1.807, 2.05) is 7.05 Å². The lowest BCUT2D eigenvalue weighted by molar-refractivity contribution is 0.0755. The van der Waals surface area contributed by atoms with E-state index in [0.717, 1.165) is 19.7 Å². The third-order valence-corrected chi connectivity index (χ3v) is 4.18. The molecule has 0 saturated carbocycles.